The summed E-state index contributed by atoms with van der Waals surface area (Å²) in [7, 11) is 0. The lowest BCUT2D eigenvalue weighted by molar-refractivity contribution is -0.119. The molecule has 12 heavy (non-hydrogen) atoms. The Morgan fingerprint density at radius 3 is 3.00 bits per heavy atom. The average Bonchev–Trinajstić information content (AvgIpc) is 2.55. The molecular formula is C9H13NOS. The highest BCUT2D eigenvalue weighted by atomic mass is 32.1. The van der Waals surface area contributed by atoms with E-state index < -0.39 is 0 Å². The van der Waals surface area contributed by atoms with Crippen LogP contribution in [-0.4, -0.2) is 11.8 Å². The Bertz CT molecular complexity index is 243. The van der Waals surface area contributed by atoms with Crippen molar-refractivity contribution in [2.45, 2.75) is 25.8 Å². The fourth-order valence-electron chi connectivity index (χ4n) is 0.953. The maximum absolute atomic E-state index is 11.3. The quantitative estimate of drug-likeness (QED) is 0.770. The Balaban J connectivity index is 2.47. The van der Waals surface area contributed by atoms with Gasteiger partial charge in [-0.05, 0) is 28.8 Å². The predicted molar refractivity (Wildman–Crippen MR) is 51.3 cm³/mol. The van der Waals surface area contributed by atoms with Crippen LogP contribution in [0.5, 0.6) is 0 Å². The van der Waals surface area contributed by atoms with Crippen molar-refractivity contribution in [1.82, 2.24) is 0 Å². The van der Waals surface area contributed by atoms with E-state index in [0.717, 1.165) is 12.0 Å². The van der Waals surface area contributed by atoms with Crippen LogP contribution in [0.25, 0.3) is 0 Å². The first kappa shape index (κ1) is 9.42. The van der Waals surface area contributed by atoms with E-state index in [1.54, 1.807) is 11.3 Å². The van der Waals surface area contributed by atoms with Crippen molar-refractivity contribution in [3.05, 3.63) is 22.4 Å². The molecule has 1 unspecified atom stereocenters. The van der Waals surface area contributed by atoms with Crippen LogP contribution in [0.15, 0.2) is 16.8 Å². The molecule has 1 heterocycles. The topological polar surface area (TPSA) is 43.1 Å². The Morgan fingerprint density at radius 1 is 1.75 bits per heavy atom. The summed E-state index contributed by atoms with van der Waals surface area (Å²) in [6.07, 6.45) is 1.21. The molecule has 2 N–H and O–H groups in total. The summed E-state index contributed by atoms with van der Waals surface area (Å²) in [5.74, 6) is 0.135. The number of nitrogens with two attached hydrogens (primary N) is 1. The summed E-state index contributed by atoms with van der Waals surface area (Å²) in [4.78, 5) is 11.3. The van der Waals surface area contributed by atoms with Gasteiger partial charge in [-0.1, -0.05) is 6.92 Å². The fourth-order valence-corrected chi connectivity index (χ4v) is 1.62. The van der Waals surface area contributed by atoms with Gasteiger partial charge in [-0.15, -0.1) is 0 Å². The second-order valence-electron chi connectivity index (χ2n) is 2.79. The monoisotopic (exact) mass is 183 g/mol. The lowest BCUT2D eigenvalue weighted by Crippen LogP contribution is -2.30. The van der Waals surface area contributed by atoms with Crippen LogP contribution in [0.3, 0.4) is 0 Å². The van der Waals surface area contributed by atoms with E-state index >= 15 is 0 Å². The van der Waals surface area contributed by atoms with Crippen LogP contribution in [-0.2, 0) is 11.2 Å². The van der Waals surface area contributed by atoms with E-state index in [1.165, 1.54) is 0 Å². The van der Waals surface area contributed by atoms with E-state index in [-0.39, 0.29) is 11.8 Å². The molecule has 0 fully saturated rings. The second kappa shape index (κ2) is 4.38. The maximum atomic E-state index is 11.3. The molecule has 0 amide bonds. The fraction of sp³-hybridized carbons (Fsp3) is 0.444. The molecule has 0 aliphatic carbocycles. The third-order valence-electron chi connectivity index (χ3n) is 1.81. The number of Topliss-reactive ketones (excluding diaryl/α,β-unsaturated/α-hetero) is 1. The summed E-state index contributed by atoms with van der Waals surface area (Å²) in [6.45, 7) is 1.93. The number of rotatable bonds is 4. The minimum absolute atomic E-state index is 0.135. The van der Waals surface area contributed by atoms with Crippen molar-refractivity contribution in [2.24, 2.45) is 5.73 Å². The molecule has 0 aliphatic rings. The highest BCUT2D eigenvalue weighted by molar-refractivity contribution is 7.07. The molecule has 0 saturated carbocycles. The lowest BCUT2D eigenvalue weighted by Gasteiger charge is -2.05. The maximum Gasteiger partial charge on any atom is 0.153 e. The summed E-state index contributed by atoms with van der Waals surface area (Å²) in [5.41, 5.74) is 6.66. The van der Waals surface area contributed by atoms with Gasteiger partial charge in [0, 0.05) is 6.42 Å². The van der Waals surface area contributed by atoms with Crippen LogP contribution in [0.4, 0.5) is 0 Å². The summed E-state index contributed by atoms with van der Waals surface area (Å²) in [6, 6.07) is 1.68. The summed E-state index contributed by atoms with van der Waals surface area (Å²) < 4.78 is 0. The van der Waals surface area contributed by atoms with Gasteiger partial charge in [0.2, 0.25) is 0 Å². The highest BCUT2D eigenvalue weighted by Crippen LogP contribution is 2.08. The van der Waals surface area contributed by atoms with Crippen molar-refractivity contribution >= 4 is 17.1 Å². The van der Waals surface area contributed by atoms with Gasteiger partial charge >= 0.3 is 0 Å². The molecule has 0 spiro atoms. The Hall–Kier alpha value is -0.670. The molecule has 0 bridgehead atoms. The van der Waals surface area contributed by atoms with Crippen molar-refractivity contribution in [3.8, 4) is 0 Å². The van der Waals surface area contributed by atoms with Gasteiger partial charge < -0.3 is 5.73 Å². The first-order valence-electron chi connectivity index (χ1n) is 4.03. The molecule has 0 aliphatic heterocycles. The van der Waals surface area contributed by atoms with E-state index in [4.69, 9.17) is 5.73 Å². The molecule has 1 aromatic heterocycles. The molecule has 0 radical (unpaired) electrons. The number of carbonyl (C=O) groups excluding carboxylic acids is 1. The van der Waals surface area contributed by atoms with Gasteiger partial charge in [0.05, 0.1) is 6.04 Å². The Kier molecular flexibility index (Phi) is 3.44. The van der Waals surface area contributed by atoms with Crippen LogP contribution in [0.2, 0.25) is 0 Å². The molecule has 1 atom stereocenters. The molecule has 1 rings (SSSR count). The number of hydrogen-bond acceptors (Lipinski definition) is 3. The van der Waals surface area contributed by atoms with Gasteiger partial charge in [0.1, 0.15) is 0 Å². The van der Waals surface area contributed by atoms with Gasteiger partial charge in [-0.3, -0.25) is 4.79 Å². The lowest BCUT2D eigenvalue weighted by atomic mass is 10.1. The molecule has 0 aromatic carbocycles. The normalized spacial score (nSPS) is 12.8. The van der Waals surface area contributed by atoms with Crippen molar-refractivity contribution in [2.75, 3.05) is 0 Å². The molecular weight excluding hydrogens is 170 g/mol. The standard InChI is InChI=1S/C9H13NOS/c1-2-8(10)9(11)5-7-3-4-12-6-7/h3-4,6,8H,2,5,10H2,1H3. The molecule has 66 valence electrons. The van der Waals surface area contributed by atoms with Crippen LogP contribution in [0.1, 0.15) is 18.9 Å². The SMILES string of the molecule is CCC(N)C(=O)Cc1ccsc1. The van der Waals surface area contributed by atoms with Crippen molar-refractivity contribution in [3.63, 3.8) is 0 Å². The smallest absolute Gasteiger partial charge is 0.153 e. The van der Waals surface area contributed by atoms with Gasteiger partial charge in [-0.2, -0.15) is 11.3 Å². The van der Waals surface area contributed by atoms with Crippen molar-refractivity contribution in [1.29, 1.82) is 0 Å². The van der Waals surface area contributed by atoms with Crippen LogP contribution in [0, 0.1) is 0 Å². The third-order valence-corrected chi connectivity index (χ3v) is 2.54. The number of carbonyl (C=O) groups is 1. The van der Waals surface area contributed by atoms with Crippen LogP contribution < -0.4 is 5.73 Å². The molecule has 1 aromatic rings. The molecule has 0 saturated heterocycles. The average molecular weight is 183 g/mol. The third kappa shape index (κ3) is 2.43. The number of ketones is 1. The first-order valence-corrected chi connectivity index (χ1v) is 4.97. The largest absolute Gasteiger partial charge is 0.322 e. The minimum atomic E-state index is -0.287. The number of hydrogen-bond donors (Lipinski definition) is 1. The summed E-state index contributed by atoms with van der Waals surface area (Å²) >= 11 is 1.61. The molecule has 2 nitrogen and oxygen atoms in total. The summed E-state index contributed by atoms with van der Waals surface area (Å²) in [5, 5.41) is 3.96. The molecule has 3 heteroatoms. The van der Waals surface area contributed by atoms with E-state index in [0.29, 0.717) is 6.42 Å². The first-order chi connectivity index (χ1) is 5.74. The van der Waals surface area contributed by atoms with E-state index in [1.807, 2.05) is 23.8 Å². The zero-order valence-electron chi connectivity index (χ0n) is 7.12. The predicted octanol–water partition coefficient (Wildman–Crippen LogP) is 1.60. The van der Waals surface area contributed by atoms with Gasteiger partial charge in [0.15, 0.2) is 5.78 Å². The van der Waals surface area contributed by atoms with Gasteiger partial charge in [-0.25, -0.2) is 0 Å². The van der Waals surface area contributed by atoms with Gasteiger partial charge in [0.25, 0.3) is 0 Å². The Morgan fingerprint density at radius 2 is 2.50 bits per heavy atom. The number of thiophene rings is 1. The Labute approximate surface area is 76.4 Å². The zero-order chi connectivity index (χ0) is 8.97. The second-order valence-corrected chi connectivity index (χ2v) is 3.57. The van der Waals surface area contributed by atoms with Crippen LogP contribution >= 0.6 is 11.3 Å². The van der Waals surface area contributed by atoms with Crippen molar-refractivity contribution < 1.29 is 4.79 Å². The zero-order valence-corrected chi connectivity index (χ0v) is 7.93. The van der Waals surface area contributed by atoms with E-state index in [2.05, 4.69) is 0 Å². The minimum Gasteiger partial charge on any atom is -0.322 e. The highest BCUT2D eigenvalue weighted by Gasteiger charge is 2.11. The van der Waals surface area contributed by atoms with E-state index in [9.17, 15) is 4.79 Å².